The van der Waals surface area contributed by atoms with Gasteiger partial charge in [0.15, 0.2) is 0 Å². The van der Waals surface area contributed by atoms with Crippen molar-refractivity contribution in [1.29, 1.82) is 0 Å². The Morgan fingerprint density at radius 3 is 1.98 bits per heavy atom. The second-order valence-corrected chi connectivity index (χ2v) is 16.5. The normalized spacial score (nSPS) is 22.8. The van der Waals surface area contributed by atoms with Gasteiger partial charge >= 0.3 is 5.97 Å². The maximum atomic E-state index is 12.5. The van der Waals surface area contributed by atoms with Gasteiger partial charge in [-0.15, -0.1) is 0 Å². The summed E-state index contributed by atoms with van der Waals surface area (Å²) in [6.07, 6.45) is 30.9. The van der Waals surface area contributed by atoms with E-state index in [4.69, 9.17) is 4.74 Å². The van der Waals surface area contributed by atoms with Crippen LogP contribution in [0.15, 0.2) is 46.1 Å². The molecule has 1 fully saturated rings. The Hall–Kier alpha value is -1.98. The Labute approximate surface area is 314 Å². The molecule has 5 nitrogen and oxygen atoms in total. The van der Waals surface area contributed by atoms with Crippen molar-refractivity contribution in [3.8, 4) is 0 Å². The molecule has 0 spiro atoms. The number of allylic oxidation sites excluding steroid dienone is 6. The quantitative estimate of drug-likeness (QED) is 0.0277. The van der Waals surface area contributed by atoms with Crippen LogP contribution in [-0.2, 0) is 14.3 Å². The van der Waals surface area contributed by atoms with Crippen molar-refractivity contribution in [1.82, 2.24) is 0 Å². The van der Waals surface area contributed by atoms with Crippen LogP contribution in [-0.4, -0.2) is 40.8 Å². The monoisotopic (exact) mass is 713 g/mol. The second kappa shape index (κ2) is 26.7. The third-order valence-electron chi connectivity index (χ3n) is 11.8. The van der Waals surface area contributed by atoms with E-state index < -0.39 is 17.1 Å². The largest absolute Gasteiger partial charge is 0.466 e. The number of unbranched alkanes of at least 4 members (excludes halogenated alkanes) is 12. The van der Waals surface area contributed by atoms with Gasteiger partial charge in [-0.1, -0.05) is 126 Å². The number of ether oxygens (including phenoxy) is 1. The summed E-state index contributed by atoms with van der Waals surface area (Å²) in [5, 5.41) is 22.6. The van der Waals surface area contributed by atoms with Gasteiger partial charge in [-0.3, -0.25) is 9.59 Å². The lowest BCUT2D eigenvalue weighted by molar-refractivity contribution is -0.144. The molecule has 2 N–H and O–H groups in total. The summed E-state index contributed by atoms with van der Waals surface area (Å²) in [4.78, 5) is 24.5. The van der Waals surface area contributed by atoms with E-state index in [0.717, 1.165) is 68.0 Å². The van der Waals surface area contributed by atoms with E-state index in [2.05, 4.69) is 52.8 Å². The highest BCUT2D eigenvalue weighted by Gasteiger charge is 2.52. The molecule has 1 aliphatic rings. The Morgan fingerprint density at radius 2 is 1.41 bits per heavy atom. The lowest BCUT2D eigenvalue weighted by atomic mass is 9.54. The standard InChI is InChI=1S/C46H80O5/c1-9-10-11-12-13-14-15-16-17-18-19-20-21-29-44(49)51-35-24-28-42-41(40(6)36-47)32-34-46(8,50)45(42,7)33-23-27-39(5)43(48)31-30-38(4)26-22-25-37(2)3/h25,27,30,36,42-43,48,50H,9-24,26,28-29,31-35H2,1-8H3/b38-30+,39-27+,41-40-/t42-,43-,45+,46-/m1/s1. The van der Waals surface area contributed by atoms with Gasteiger partial charge in [0.25, 0.3) is 0 Å². The third kappa shape index (κ3) is 19.1. The second-order valence-electron chi connectivity index (χ2n) is 16.5. The first kappa shape index (κ1) is 47.0. The maximum Gasteiger partial charge on any atom is 0.305 e. The summed E-state index contributed by atoms with van der Waals surface area (Å²) >= 11 is 0. The number of carbonyl (C=O) groups excluding carboxylic acids is 2. The Bertz CT molecular complexity index is 1100. The first-order valence-corrected chi connectivity index (χ1v) is 21.0. The fraction of sp³-hybridized carbons (Fsp3) is 0.783. The number of aldehydes is 1. The molecule has 0 aromatic carbocycles. The van der Waals surface area contributed by atoms with E-state index >= 15 is 0 Å². The summed E-state index contributed by atoms with van der Waals surface area (Å²) < 4.78 is 5.66. The van der Waals surface area contributed by atoms with Gasteiger partial charge in [-0.2, -0.15) is 0 Å². The van der Waals surface area contributed by atoms with Crippen LogP contribution in [0.25, 0.3) is 0 Å². The number of hydrogen-bond acceptors (Lipinski definition) is 5. The summed E-state index contributed by atoms with van der Waals surface area (Å²) in [5.74, 6) is -0.107. The Kier molecular flexibility index (Phi) is 24.7. The Morgan fingerprint density at radius 1 is 0.824 bits per heavy atom. The smallest absolute Gasteiger partial charge is 0.305 e. The molecule has 0 aromatic heterocycles. The molecule has 4 atom stereocenters. The van der Waals surface area contributed by atoms with E-state index in [1.54, 1.807) is 0 Å². The third-order valence-corrected chi connectivity index (χ3v) is 11.8. The van der Waals surface area contributed by atoms with Gasteiger partial charge in [0.1, 0.15) is 6.29 Å². The predicted molar refractivity (Wildman–Crippen MR) is 217 cm³/mol. The molecule has 0 radical (unpaired) electrons. The molecule has 0 unspecified atom stereocenters. The molecule has 0 bridgehead atoms. The van der Waals surface area contributed by atoms with E-state index in [1.165, 1.54) is 81.8 Å². The van der Waals surface area contributed by atoms with E-state index in [1.807, 2.05) is 20.8 Å². The predicted octanol–water partition coefficient (Wildman–Crippen LogP) is 12.6. The highest BCUT2D eigenvalue weighted by molar-refractivity contribution is 5.74. The summed E-state index contributed by atoms with van der Waals surface area (Å²) in [5.41, 5.74) is 4.10. The molecule has 294 valence electrons. The van der Waals surface area contributed by atoms with Crippen molar-refractivity contribution in [2.75, 3.05) is 6.61 Å². The molecule has 0 saturated heterocycles. The van der Waals surface area contributed by atoms with E-state index in [9.17, 15) is 19.8 Å². The van der Waals surface area contributed by atoms with E-state index in [-0.39, 0.29) is 11.9 Å². The molecule has 0 aliphatic heterocycles. The van der Waals surface area contributed by atoms with Crippen LogP contribution in [0.5, 0.6) is 0 Å². The first-order chi connectivity index (χ1) is 24.3. The number of carbonyl (C=O) groups is 2. The van der Waals surface area contributed by atoms with Gasteiger partial charge in [0.2, 0.25) is 0 Å². The number of esters is 1. The molecule has 0 heterocycles. The van der Waals surface area contributed by atoms with Gasteiger partial charge < -0.3 is 14.9 Å². The number of hydrogen-bond donors (Lipinski definition) is 2. The molecule has 51 heavy (non-hydrogen) atoms. The van der Waals surface area contributed by atoms with Gasteiger partial charge in [-0.25, -0.2) is 0 Å². The van der Waals surface area contributed by atoms with Crippen molar-refractivity contribution < 1.29 is 24.5 Å². The summed E-state index contributed by atoms with van der Waals surface area (Å²) in [6, 6.07) is 0. The summed E-state index contributed by atoms with van der Waals surface area (Å²) in [6.45, 7) is 17.0. The number of aliphatic hydroxyl groups excluding tert-OH is 1. The van der Waals surface area contributed by atoms with Crippen molar-refractivity contribution in [3.05, 3.63) is 46.1 Å². The van der Waals surface area contributed by atoms with Crippen LogP contribution in [0.1, 0.15) is 203 Å². The van der Waals surface area contributed by atoms with Crippen LogP contribution in [0.2, 0.25) is 0 Å². The SMILES string of the molecule is CCCCCCCCCCCCCCCC(=O)OCCC[C@@H]1/C(=C(/C)C=O)CC[C@@](C)(O)[C@@]1(C)CC/C=C(\C)[C@H](O)C/C=C(\C)CCC=C(C)C. The number of rotatable bonds is 28. The van der Waals surface area contributed by atoms with Crippen molar-refractivity contribution in [3.63, 3.8) is 0 Å². The van der Waals surface area contributed by atoms with Gasteiger partial charge in [0, 0.05) is 11.8 Å². The molecule has 1 saturated carbocycles. The molecular formula is C46H80O5. The zero-order valence-corrected chi connectivity index (χ0v) is 34.6. The average Bonchev–Trinajstić information content (AvgIpc) is 3.08. The molecule has 0 amide bonds. The lowest BCUT2D eigenvalue weighted by Crippen LogP contribution is -2.52. The average molecular weight is 713 g/mol. The van der Waals surface area contributed by atoms with Crippen molar-refractivity contribution in [2.24, 2.45) is 11.3 Å². The highest BCUT2D eigenvalue weighted by atomic mass is 16.5. The molecule has 0 aromatic rings. The van der Waals surface area contributed by atoms with Crippen molar-refractivity contribution in [2.45, 2.75) is 215 Å². The van der Waals surface area contributed by atoms with Gasteiger partial charge in [-0.05, 0) is 123 Å². The lowest BCUT2D eigenvalue weighted by Gasteiger charge is -2.53. The zero-order valence-electron chi connectivity index (χ0n) is 34.6. The maximum absolute atomic E-state index is 12.5. The first-order valence-electron chi connectivity index (χ1n) is 21.0. The van der Waals surface area contributed by atoms with Crippen molar-refractivity contribution >= 4 is 12.3 Å². The molecular weight excluding hydrogens is 633 g/mol. The highest BCUT2D eigenvalue weighted by Crippen LogP contribution is 2.55. The number of aliphatic hydroxyl groups is 2. The minimum Gasteiger partial charge on any atom is -0.466 e. The zero-order chi connectivity index (χ0) is 38.1. The fourth-order valence-electron chi connectivity index (χ4n) is 7.84. The summed E-state index contributed by atoms with van der Waals surface area (Å²) in [7, 11) is 0. The van der Waals surface area contributed by atoms with Crippen LogP contribution in [0.4, 0.5) is 0 Å². The van der Waals surface area contributed by atoms with Gasteiger partial charge in [0.05, 0.1) is 18.3 Å². The molecule has 5 heteroatoms. The van der Waals surface area contributed by atoms with Crippen LogP contribution < -0.4 is 0 Å². The van der Waals surface area contributed by atoms with Crippen LogP contribution in [0, 0.1) is 11.3 Å². The Balaban J connectivity index is 2.60. The van der Waals surface area contributed by atoms with Crippen LogP contribution in [0.3, 0.4) is 0 Å². The molecule has 1 rings (SSSR count). The molecule has 1 aliphatic carbocycles. The minimum absolute atomic E-state index is 0.0104. The van der Waals surface area contributed by atoms with Crippen LogP contribution >= 0.6 is 0 Å². The fourth-order valence-corrected chi connectivity index (χ4v) is 7.84. The van der Waals surface area contributed by atoms with E-state index in [0.29, 0.717) is 38.7 Å². The minimum atomic E-state index is -0.902. The topological polar surface area (TPSA) is 83.8 Å².